The summed E-state index contributed by atoms with van der Waals surface area (Å²) in [5.74, 6) is -0.136. The van der Waals surface area contributed by atoms with E-state index in [1.54, 1.807) is 15.4 Å². The second kappa shape index (κ2) is 7.54. The third kappa shape index (κ3) is 3.36. The maximum absolute atomic E-state index is 14.5. The van der Waals surface area contributed by atoms with E-state index in [0.717, 1.165) is 35.7 Å². The Balaban J connectivity index is 1.38. The fraction of sp³-hybridized carbons (Fsp3) is 0.208. The molecule has 0 spiro atoms. The van der Waals surface area contributed by atoms with Crippen molar-refractivity contribution < 1.29 is 8.78 Å². The summed E-state index contributed by atoms with van der Waals surface area (Å²) in [5.41, 5.74) is 3.81. The molecule has 1 atom stereocenters. The minimum atomic E-state index is -0.437. The highest BCUT2D eigenvalue weighted by Gasteiger charge is 2.30. The molecule has 6 rings (SSSR count). The van der Waals surface area contributed by atoms with E-state index in [1.807, 2.05) is 59.6 Å². The third-order valence-electron chi connectivity index (χ3n) is 6.19. The largest absolute Gasteiger partial charge is 0.357 e. The Morgan fingerprint density at radius 1 is 0.970 bits per heavy atom. The maximum atomic E-state index is 14.5. The molecule has 1 aromatic carbocycles. The first kappa shape index (κ1) is 19.7. The number of benzene rings is 1. The van der Waals surface area contributed by atoms with Gasteiger partial charge in [0.05, 0.1) is 18.4 Å². The lowest BCUT2D eigenvalue weighted by Crippen LogP contribution is -2.24. The van der Waals surface area contributed by atoms with Gasteiger partial charge in [0, 0.05) is 55.1 Å². The van der Waals surface area contributed by atoms with Crippen molar-refractivity contribution in [3.63, 3.8) is 0 Å². The lowest BCUT2D eigenvalue weighted by atomic mass is 10.0. The SMILES string of the molecule is Cn1ccc(-c2cnn(-c3cnn4ccc(N5CCCC5c5cc(F)ccc5F)nc34)c2)c1. The van der Waals surface area contributed by atoms with Gasteiger partial charge in [0.2, 0.25) is 0 Å². The molecule has 33 heavy (non-hydrogen) atoms. The fourth-order valence-electron chi connectivity index (χ4n) is 4.58. The molecule has 166 valence electrons. The van der Waals surface area contributed by atoms with E-state index < -0.39 is 11.6 Å². The van der Waals surface area contributed by atoms with E-state index in [9.17, 15) is 8.78 Å². The Hall–Kier alpha value is -4.01. The summed E-state index contributed by atoms with van der Waals surface area (Å²) in [4.78, 5) is 6.89. The number of anilines is 1. The zero-order valence-electron chi connectivity index (χ0n) is 17.9. The minimum Gasteiger partial charge on any atom is -0.357 e. The van der Waals surface area contributed by atoms with Crippen molar-refractivity contribution in [3.05, 3.63) is 84.7 Å². The van der Waals surface area contributed by atoms with Gasteiger partial charge >= 0.3 is 0 Å². The van der Waals surface area contributed by atoms with Crippen LogP contribution < -0.4 is 4.90 Å². The second-order valence-corrected chi connectivity index (χ2v) is 8.34. The van der Waals surface area contributed by atoms with Crippen molar-refractivity contribution in [2.45, 2.75) is 18.9 Å². The molecular formula is C24H21F2N7. The van der Waals surface area contributed by atoms with Crippen LogP contribution in [0.1, 0.15) is 24.4 Å². The zero-order valence-corrected chi connectivity index (χ0v) is 17.9. The molecule has 0 aliphatic carbocycles. The molecule has 0 saturated carbocycles. The van der Waals surface area contributed by atoms with Gasteiger partial charge in [-0.25, -0.2) is 23.0 Å². The smallest absolute Gasteiger partial charge is 0.183 e. The quantitative estimate of drug-likeness (QED) is 0.408. The molecule has 0 N–H and O–H groups in total. The van der Waals surface area contributed by atoms with Crippen molar-refractivity contribution in [2.24, 2.45) is 7.05 Å². The normalized spacial score (nSPS) is 16.2. The number of halogens is 2. The molecule has 1 fully saturated rings. The molecule has 0 radical (unpaired) electrons. The molecule has 4 aromatic heterocycles. The van der Waals surface area contributed by atoms with Crippen LogP contribution in [0.4, 0.5) is 14.6 Å². The molecule has 0 bridgehead atoms. The molecular weight excluding hydrogens is 424 g/mol. The molecule has 1 unspecified atom stereocenters. The Bertz CT molecular complexity index is 1460. The predicted molar refractivity (Wildman–Crippen MR) is 120 cm³/mol. The first-order chi connectivity index (χ1) is 16.1. The molecule has 5 aromatic rings. The first-order valence-corrected chi connectivity index (χ1v) is 10.8. The van der Waals surface area contributed by atoms with Gasteiger partial charge < -0.3 is 9.47 Å². The highest BCUT2D eigenvalue weighted by Crippen LogP contribution is 2.37. The van der Waals surface area contributed by atoms with Gasteiger partial charge in [-0.15, -0.1) is 0 Å². The minimum absolute atomic E-state index is 0.267. The van der Waals surface area contributed by atoms with Crippen LogP contribution in [0.5, 0.6) is 0 Å². The number of rotatable bonds is 4. The van der Waals surface area contributed by atoms with Crippen molar-refractivity contribution >= 4 is 11.5 Å². The van der Waals surface area contributed by atoms with Crippen molar-refractivity contribution in [1.29, 1.82) is 0 Å². The summed E-state index contributed by atoms with van der Waals surface area (Å²) in [7, 11) is 1.98. The lowest BCUT2D eigenvalue weighted by Gasteiger charge is -2.26. The summed E-state index contributed by atoms with van der Waals surface area (Å²) in [6, 6.07) is 7.25. The Morgan fingerprint density at radius 3 is 2.73 bits per heavy atom. The maximum Gasteiger partial charge on any atom is 0.183 e. The van der Waals surface area contributed by atoms with Gasteiger partial charge in [0.15, 0.2) is 5.65 Å². The number of hydrogen-bond donors (Lipinski definition) is 0. The van der Waals surface area contributed by atoms with Crippen molar-refractivity contribution in [1.82, 2.24) is 28.9 Å². The first-order valence-electron chi connectivity index (χ1n) is 10.8. The zero-order chi connectivity index (χ0) is 22.5. The van der Waals surface area contributed by atoms with Crippen LogP contribution in [-0.4, -0.2) is 35.5 Å². The summed E-state index contributed by atoms with van der Waals surface area (Å²) in [6.45, 7) is 0.715. The number of fused-ring (bicyclic) bond motifs is 1. The van der Waals surface area contributed by atoms with Crippen LogP contribution >= 0.6 is 0 Å². The molecule has 9 heteroatoms. The molecule has 1 aliphatic heterocycles. The highest BCUT2D eigenvalue weighted by molar-refractivity contribution is 5.65. The molecule has 1 aliphatic rings. The Labute approximate surface area is 188 Å². The fourth-order valence-corrected chi connectivity index (χ4v) is 4.58. The lowest BCUT2D eigenvalue weighted by molar-refractivity contribution is 0.560. The van der Waals surface area contributed by atoms with Gasteiger partial charge in [-0.05, 0) is 43.2 Å². The van der Waals surface area contributed by atoms with Gasteiger partial charge in [-0.2, -0.15) is 10.2 Å². The van der Waals surface area contributed by atoms with Gasteiger partial charge in [0.1, 0.15) is 23.1 Å². The Morgan fingerprint density at radius 2 is 1.88 bits per heavy atom. The summed E-state index contributed by atoms with van der Waals surface area (Å²) in [5, 5.41) is 8.93. The summed E-state index contributed by atoms with van der Waals surface area (Å²) < 4.78 is 33.8. The summed E-state index contributed by atoms with van der Waals surface area (Å²) >= 11 is 0. The van der Waals surface area contributed by atoms with E-state index in [4.69, 9.17) is 4.98 Å². The van der Waals surface area contributed by atoms with Crippen LogP contribution in [-0.2, 0) is 7.05 Å². The predicted octanol–water partition coefficient (Wildman–Crippen LogP) is 4.54. The molecule has 7 nitrogen and oxygen atoms in total. The molecule has 1 saturated heterocycles. The topological polar surface area (TPSA) is 56.2 Å². The monoisotopic (exact) mass is 445 g/mol. The van der Waals surface area contributed by atoms with E-state index in [0.29, 0.717) is 23.6 Å². The second-order valence-electron chi connectivity index (χ2n) is 8.34. The van der Waals surface area contributed by atoms with Gasteiger partial charge in [-0.3, -0.25) is 0 Å². The average molecular weight is 445 g/mol. The number of aromatic nitrogens is 6. The van der Waals surface area contributed by atoms with Crippen LogP contribution in [0.15, 0.2) is 67.5 Å². The highest BCUT2D eigenvalue weighted by atomic mass is 19.1. The number of aryl methyl sites for hydroxylation is 1. The number of nitrogens with zero attached hydrogens (tertiary/aromatic N) is 7. The third-order valence-corrected chi connectivity index (χ3v) is 6.19. The van der Waals surface area contributed by atoms with Gasteiger partial charge in [-0.1, -0.05) is 0 Å². The van der Waals surface area contributed by atoms with E-state index in [2.05, 4.69) is 10.2 Å². The van der Waals surface area contributed by atoms with E-state index in [-0.39, 0.29) is 6.04 Å². The van der Waals surface area contributed by atoms with Gasteiger partial charge in [0.25, 0.3) is 0 Å². The number of hydrogen-bond acceptors (Lipinski definition) is 4. The van der Waals surface area contributed by atoms with E-state index in [1.165, 1.54) is 12.1 Å². The van der Waals surface area contributed by atoms with Crippen LogP contribution in [0.25, 0.3) is 22.5 Å². The van der Waals surface area contributed by atoms with Crippen LogP contribution in [0.2, 0.25) is 0 Å². The van der Waals surface area contributed by atoms with Crippen LogP contribution in [0.3, 0.4) is 0 Å². The van der Waals surface area contributed by atoms with Crippen molar-refractivity contribution in [3.8, 4) is 16.8 Å². The summed E-state index contributed by atoms with van der Waals surface area (Å²) in [6.07, 6.45) is 12.9. The Kier molecular flexibility index (Phi) is 4.49. The standard InChI is InChI=1S/C24H21F2N7/c1-30-9-6-16(14-30)17-12-27-33(15-17)22-13-28-32-10-7-23(29-24(22)32)31-8-2-3-21(31)19-11-18(25)4-5-20(19)26/h4-7,9-15,21H,2-3,8H2,1H3. The van der Waals surface area contributed by atoms with E-state index >= 15 is 0 Å². The average Bonchev–Trinajstić information content (AvgIpc) is 3.60. The van der Waals surface area contributed by atoms with Crippen molar-refractivity contribution in [2.75, 3.05) is 11.4 Å². The van der Waals surface area contributed by atoms with Crippen LogP contribution in [0, 0.1) is 11.6 Å². The molecule has 0 amide bonds. The molecule has 5 heterocycles.